The van der Waals surface area contributed by atoms with Crippen molar-refractivity contribution in [3.05, 3.63) is 60.7 Å². The van der Waals surface area contributed by atoms with Crippen LogP contribution in [0, 0.1) is 12.1 Å². The highest BCUT2D eigenvalue weighted by atomic mass is 14.0. The first-order valence-corrected chi connectivity index (χ1v) is 4.65. The van der Waals surface area contributed by atoms with Crippen LogP contribution in [0.1, 0.15) is 0 Å². The molecule has 3 aromatic carbocycles. The molecule has 3 rings (SSSR count). The molecule has 0 unspecified atom stereocenters. The van der Waals surface area contributed by atoms with Crippen LogP contribution in [-0.4, -0.2) is 0 Å². The van der Waals surface area contributed by atoms with Crippen molar-refractivity contribution >= 4 is 21.5 Å². The Morgan fingerprint density at radius 2 is 0.786 bits per heavy atom. The van der Waals surface area contributed by atoms with Crippen LogP contribution >= 0.6 is 0 Å². The Balaban J connectivity index is 2.52. The third-order valence-electron chi connectivity index (χ3n) is 2.39. The Hall–Kier alpha value is -1.82. The highest BCUT2D eigenvalue weighted by molar-refractivity contribution is 5.96. The van der Waals surface area contributed by atoms with E-state index in [1.54, 1.807) is 0 Å². The maximum Gasteiger partial charge on any atom is -0.111 e. The SMILES string of the molecule is [c-]1c2ccccc2[c-]c2ccccc12. The number of hydrogen-bond donors (Lipinski definition) is 0. The molecular formula is C14H8-2. The zero-order valence-corrected chi connectivity index (χ0v) is 7.62. The summed E-state index contributed by atoms with van der Waals surface area (Å²) in [6.07, 6.45) is 0. The van der Waals surface area contributed by atoms with Gasteiger partial charge >= 0.3 is 0 Å². The summed E-state index contributed by atoms with van der Waals surface area (Å²) in [5.41, 5.74) is 0. The lowest BCUT2D eigenvalue weighted by atomic mass is 10.0. The summed E-state index contributed by atoms with van der Waals surface area (Å²) >= 11 is 0. The highest BCUT2D eigenvalue weighted by Crippen LogP contribution is 2.20. The Bertz CT molecular complexity index is 489. The first-order chi connectivity index (χ1) is 6.93. The van der Waals surface area contributed by atoms with Crippen molar-refractivity contribution in [2.45, 2.75) is 0 Å². The molecule has 14 heavy (non-hydrogen) atoms. The molecule has 0 nitrogen and oxygen atoms in total. The predicted molar refractivity (Wildman–Crippen MR) is 59.1 cm³/mol. The fourth-order valence-corrected chi connectivity index (χ4v) is 1.69. The molecule has 0 heterocycles. The number of hydrogen-bond acceptors (Lipinski definition) is 0. The first-order valence-electron chi connectivity index (χ1n) is 4.65. The zero-order chi connectivity index (χ0) is 9.38. The molecule has 0 amide bonds. The maximum atomic E-state index is 3.38. The Morgan fingerprint density at radius 3 is 1.07 bits per heavy atom. The van der Waals surface area contributed by atoms with Gasteiger partial charge in [0.1, 0.15) is 0 Å². The van der Waals surface area contributed by atoms with E-state index >= 15 is 0 Å². The van der Waals surface area contributed by atoms with Crippen LogP contribution in [0.2, 0.25) is 0 Å². The van der Waals surface area contributed by atoms with Crippen LogP contribution in [0.15, 0.2) is 48.5 Å². The van der Waals surface area contributed by atoms with E-state index in [1.165, 1.54) is 0 Å². The molecule has 3 aromatic rings. The standard InChI is InChI=1S/C14H8/c1-2-6-12-10-14-8-4-3-7-13(14)9-11(12)5-1/h1-8H/q-2. The summed E-state index contributed by atoms with van der Waals surface area (Å²) in [6, 6.07) is 23.1. The summed E-state index contributed by atoms with van der Waals surface area (Å²) in [7, 11) is 0. The molecule has 0 aliphatic rings. The largest absolute Gasteiger partial charge is 0.199 e. The van der Waals surface area contributed by atoms with Gasteiger partial charge < -0.3 is 0 Å². The smallest absolute Gasteiger partial charge is 0.111 e. The van der Waals surface area contributed by atoms with Crippen LogP contribution in [0.5, 0.6) is 0 Å². The van der Waals surface area contributed by atoms with Gasteiger partial charge in [0, 0.05) is 0 Å². The van der Waals surface area contributed by atoms with Gasteiger partial charge in [-0.05, 0) is 0 Å². The molecule has 0 spiro atoms. The summed E-state index contributed by atoms with van der Waals surface area (Å²) in [4.78, 5) is 0. The van der Waals surface area contributed by atoms with Crippen LogP contribution < -0.4 is 0 Å². The monoisotopic (exact) mass is 176 g/mol. The van der Waals surface area contributed by atoms with E-state index in [0.29, 0.717) is 0 Å². The number of rotatable bonds is 0. The van der Waals surface area contributed by atoms with E-state index in [1.807, 2.05) is 24.3 Å². The minimum absolute atomic E-state index is 1.13. The van der Waals surface area contributed by atoms with Crippen molar-refractivity contribution in [3.8, 4) is 0 Å². The van der Waals surface area contributed by atoms with Gasteiger partial charge in [-0.25, -0.2) is 0 Å². The highest BCUT2D eigenvalue weighted by Gasteiger charge is 1.80. The van der Waals surface area contributed by atoms with Gasteiger partial charge in [0.2, 0.25) is 0 Å². The van der Waals surface area contributed by atoms with Gasteiger partial charge in [-0.3, -0.25) is 0 Å². The molecule has 0 heteroatoms. The topological polar surface area (TPSA) is 0 Å². The van der Waals surface area contributed by atoms with Gasteiger partial charge in [0.05, 0.1) is 0 Å². The van der Waals surface area contributed by atoms with Crippen molar-refractivity contribution in [1.29, 1.82) is 0 Å². The van der Waals surface area contributed by atoms with Gasteiger partial charge in [0.25, 0.3) is 0 Å². The fraction of sp³-hybridized carbons (Fsp3) is 0. The van der Waals surface area contributed by atoms with Crippen molar-refractivity contribution in [2.24, 2.45) is 0 Å². The molecule has 0 bridgehead atoms. The van der Waals surface area contributed by atoms with E-state index in [0.717, 1.165) is 21.5 Å². The third kappa shape index (κ3) is 1.08. The minimum atomic E-state index is 1.13. The summed E-state index contributed by atoms with van der Waals surface area (Å²) in [5.74, 6) is 0. The van der Waals surface area contributed by atoms with Gasteiger partial charge in [-0.2, -0.15) is 57.9 Å². The quantitative estimate of drug-likeness (QED) is 0.362. The second-order valence-corrected chi connectivity index (χ2v) is 3.34. The normalized spacial score (nSPS) is 10.9. The second kappa shape index (κ2) is 2.85. The lowest BCUT2D eigenvalue weighted by Gasteiger charge is -2.15. The van der Waals surface area contributed by atoms with E-state index in [2.05, 4.69) is 36.4 Å². The number of benzene rings is 3. The molecule has 0 radical (unpaired) electrons. The molecule has 66 valence electrons. The first kappa shape index (κ1) is 7.57. The van der Waals surface area contributed by atoms with Gasteiger partial charge in [-0.1, -0.05) is 0 Å². The van der Waals surface area contributed by atoms with E-state index in [9.17, 15) is 0 Å². The molecule has 0 saturated heterocycles. The van der Waals surface area contributed by atoms with Gasteiger partial charge in [0.15, 0.2) is 0 Å². The number of fused-ring (bicyclic) bond motifs is 2. The average molecular weight is 176 g/mol. The second-order valence-electron chi connectivity index (χ2n) is 3.34. The molecule has 0 aromatic heterocycles. The Kier molecular flexibility index (Phi) is 1.54. The van der Waals surface area contributed by atoms with Gasteiger partial charge in [-0.15, -0.1) is 24.3 Å². The molecule has 0 aliphatic heterocycles. The van der Waals surface area contributed by atoms with E-state index in [-0.39, 0.29) is 0 Å². The lowest BCUT2D eigenvalue weighted by Crippen LogP contribution is -1.76. The van der Waals surface area contributed by atoms with Crippen molar-refractivity contribution in [2.75, 3.05) is 0 Å². The average Bonchev–Trinajstić information content (AvgIpc) is 2.26. The minimum Gasteiger partial charge on any atom is -0.199 e. The van der Waals surface area contributed by atoms with E-state index in [4.69, 9.17) is 0 Å². The predicted octanol–water partition coefficient (Wildman–Crippen LogP) is 3.59. The Morgan fingerprint density at radius 1 is 0.500 bits per heavy atom. The molecule has 0 aliphatic carbocycles. The van der Waals surface area contributed by atoms with Crippen LogP contribution in [0.3, 0.4) is 0 Å². The van der Waals surface area contributed by atoms with Crippen LogP contribution in [-0.2, 0) is 0 Å². The summed E-state index contributed by atoms with van der Waals surface area (Å²) in [6.45, 7) is 0. The van der Waals surface area contributed by atoms with Crippen molar-refractivity contribution in [1.82, 2.24) is 0 Å². The van der Waals surface area contributed by atoms with Crippen molar-refractivity contribution in [3.63, 3.8) is 0 Å². The summed E-state index contributed by atoms with van der Waals surface area (Å²) < 4.78 is 0. The van der Waals surface area contributed by atoms with E-state index < -0.39 is 0 Å². The Labute approximate surface area is 82.8 Å². The van der Waals surface area contributed by atoms with Crippen LogP contribution in [0.4, 0.5) is 0 Å². The molecule has 0 saturated carbocycles. The fourth-order valence-electron chi connectivity index (χ4n) is 1.69. The molecular weight excluding hydrogens is 168 g/mol. The molecule has 0 atom stereocenters. The third-order valence-corrected chi connectivity index (χ3v) is 2.39. The zero-order valence-electron chi connectivity index (χ0n) is 7.62. The summed E-state index contributed by atoms with van der Waals surface area (Å²) in [5, 5.41) is 4.52. The molecule has 0 N–H and O–H groups in total. The van der Waals surface area contributed by atoms with Crippen molar-refractivity contribution < 1.29 is 0 Å². The maximum absolute atomic E-state index is 3.38. The lowest BCUT2D eigenvalue weighted by molar-refractivity contribution is 1.75. The van der Waals surface area contributed by atoms with Crippen LogP contribution in [0.25, 0.3) is 21.5 Å². The molecule has 0 fully saturated rings.